The van der Waals surface area contributed by atoms with Crippen molar-refractivity contribution in [2.24, 2.45) is 5.73 Å². The topological polar surface area (TPSA) is 105 Å². The monoisotopic (exact) mass is 368 g/mol. The molecule has 7 heteroatoms. The normalized spacial score (nSPS) is 10.1. The molecule has 0 heterocycles. The SMILES string of the molecule is CN(C)C(=O)CCc1ccc(NCC(=O)Nc2ccccc2C(N)=O)cc1. The van der Waals surface area contributed by atoms with E-state index in [2.05, 4.69) is 10.6 Å². The Bertz CT molecular complexity index is 816. The van der Waals surface area contributed by atoms with Crippen molar-refractivity contribution in [3.8, 4) is 0 Å². The highest BCUT2D eigenvalue weighted by atomic mass is 16.2. The molecule has 0 bridgehead atoms. The van der Waals surface area contributed by atoms with Gasteiger partial charge in [-0.1, -0.05) is 24.3 Å². The molecule has 7 nitrogen and oxygen atoms in total. The number of hydrogen-bond acceptors (Lipinski definition) is 4. The van der Waals surface area contributed by atoms with E-state index in [1.165, 1.54) is 0 Å². The van der Waals surface area contributed by atoms with E-state index in [0.717, 1.165) is 11.3 Å². The number of para-hydroxylation sites is 1. The van der Waals surface area contributed by atoms with Crippen molar-refractivity contribution in [2.75, 3.05) is 31.3 Å². The van der Waals surface area contributed by atoms with Crippen molar-refractivity contribution in [1.82, 2.24) is 4.90 Å². The maximum absolute atomic E-state index is 12.1. The highest BCUT2D eigenvalue weighted by Gasteiger charge is 2.10. The third-order valence-electron chi connectivity index (χ3n) is 4.00. The fraction of sp³-hybridized carbons (Fsp3) is 0.250. The molecule has 0 atom stereocenters. The van der Waals surface area contributed by atoms with Crippen LogP contribution < -0.4 is 16.4 Å². The molecule has 27 heavy (non-hydrogen) atoms. The standard InChI is InChI=1S/C20H24N4O3/c1-24(2)19(26)12-9-14-7-10-15(11-8-14)22-13-18(25)23-17-6-4-3-5-16(17)20(21)27/h3-8,10-11,22H,9,12-13H2,1-2H3,(H2,21,27)(H,23,25). The molecule has 0 spiro atoms. The van der Waals surface area contributed by atoms with Crippen LogP contribution in [0.3, 0.4) is 0 Å². The third kappa shape index (κ3) is 6.14. The molecule has 0 aliphatic carbocycles. The molecule has 0 aliphatic heterocycles. The zero-order valence-electron chi connectivity index (χ0n) is 15.5. The van der Waals surface area contributed by atoms with Gasteiger partial charge in [0.15, 0.2) is 0 Å². The maximum Gasteiger partial charge on any atom is 0.250 e. The van der Waals surface area contributed by atoms with Crippen molar-refractivity contribution in [1.29, 1.82) is 0 Å². The van der Waals surface area contributed by atoms with E-state index < -0.39 is 5.91 Å². The Balaban J connectivity index is 1.85. The number of rotatable bonds is 8. The molecule has 2 rings (SSSR count). The Kier molecular flexibility index (Phi) is 6.93. The molecule has 0 saturated heterocycles. The van der Waals surface area contributed by atoms with E-state index in [1.54, 1.807) is 43.3 Å². The number of primary amides is 1. The van der Waals surface area contributed by atoms with Gasteiger partial charge in [-0.15, -0.1) is 0 Å². The molecular formula is C20H24N4O3. The summed E-state index contributed by atoms with van der Waals surface area (Å²) in [5.41, 5.74) is 7.79. The molecule has 4 N–H and O–H groups in total. The van der Waals surface area contributed by atoms with Crippen LogP contribution in [0.5, 0.6) is 0 Å². The van der Waals surface area contributed by atoms with Gasteiger partial charge in [0.1, 0.15) is 0 Å². The number of hydrogen-bond donors (Lipinski definition) is 3. The average molecular weight is 368 g/mol. The van der Waals surface area contributed by atoms with Gasteiger partial charge >= 0.3 is 0 Å². The highest BCUT2D eigenvalue weighted by Crippen LogP contribution is 2.15. The predicted molar refractivity (Wildman–Crippen MR) is 106 cm³/mol. The minimum atomic E-state index is -0.595. The number of benzene rings is 2. The van der Waals surface area contributed by atoms with Crippen LogP contribution >= 0.6 is 0 Å². The van der Waals surface area contributed by atoms with E-state index in [-0.39, 0.29) is 23.9 Å². The lowest BCUT2D eigenvalue weighted by molar-refractivity contribution is -0.128. The molecule has 0 unspecified atom stereocenters. The first-order chi connectivity index (χ1) is 12.9. The van der Waals surface area contributed by atoms with Gasteiger partial charge in [0, 0.05) is 26.2 Å². The van der Waals surface area contributed by atoms with Crippen LogP contribution in [0.15, 0.2) is 48.5 Å². The summed E-state index contributed by atoms with van der Waals surface area (Å²) in [5, 5.41) is 5.69. The zero-order chi connectivity index (χ0) is 19.8. The molecule has 2 aromatic carbocycles. The second kappa shape index (κ2) is 9.38. The van der Waals surface area contributed by atoms with Crippen LogP contribution in [-0.4, -0.2) is 43.3 Å². The van der Waals surface area contributed by atoms with Gasteiger partial charge in [-0.2, -0.15) is 0 Å². The highest BCUT2D eigenvalue weighted by molar-refractivity contribution is 6.03. The summed E-state index contributed by atoms with van der Waals surface area (Å²) >= 11 is 0. The Morgan fingerprint density at radius 1 is 1.00 bits per heavy atom. The third-order valence-corrected chi connectivity index (χ3v) is 4.00. The summed E-state index contributed by atoms with van der Waals surface area (Å²) in [5.74, 6) is -0.795. The number of carbonyl (C=O) groups is 3. The van der Waals surface area contributed by atoms with Crippen LogP contribution in [-0.2, 0) is 16.0 Å². The van der Waals surface area contributed by atoms with Crippen molar-refractivity contribution in [3.63, 3.8) is 0 Å². The van der Waals surface area contributed by atoms with Gasteiger partial charge in [0.05, 0.1) is 17.8 Å². The van der Waals surface area contributed by atoms with Crippen LogP contribution in [0.25, 0.3) is 0 Å². The van der Waals surface area contributed by atoms with Crippen molar-refractivity contribution >= 4 is 29.1 Å². The Morgan fingerprint density at radius 2 is 1.67 bits per heavy atom. The van der Waals surface area contributed by atoms with Crippen molar-refractivity contribution in [3.05, 3.63) is 59.7 Å². The molecule has 0 aliphatic rings. The number of carbonyl (C=O) groups excluding carboxylic acids is 3. The van der Waals surface area contributed by atoms with Crippen LogP contribution in [0, 0.1) is 0 Å². The summed E-state index contributed by atoms with van der Waals surface area (Å²) in [6.45, 7) is 0.0472. The van der Waals surface area contributed by atoms with Crippen LogP contribution in [0.2, 0.25) is 0 Å². The van der Waals surface area contributed by atoms with E-state index >= 15 is 0 Å². The Hall–Kier alpha value is -3.35. The van der Waals surface area contributed by atoms with Gasteiger partial charge in [-0.25, -0.2) is 0 Å². The molecule has 0 aromatic heterocycles. The number of aryl methyl sites for hydroxylation is 1. The van der Waals surface area contributed by atoms with E-state index in [1.807, 2.05) is 24.3 Å². The number of nitrogens with zero attached hydrogens (tertiary/aromatic N) is 1. The Labute approximate surface area is 158 Å². The number of nitrogens with one attached hydrogen (secondary N) is 2. The zero-order valence-corrected chi connectivity index (χ0v) is 15.5. The predicted octanol–water partition coefficient (Wildman–Crippen LogP) is 1.86. The van der Waals surface area contributed by atoms with Gasteiger partial charge in [0.2, 0.25) is 11.8 Å². The van der Waals surface area contributed by atoms with Gasteiger partial charge in [0.25, 0.3) is 5.91 Å². The Morgan fingerprint density at radius 3 is 2.30 bits per heavy atom. The van der Waals surface area contributed by atoms with E-state index in [0.29, 0.717) is 18.5 Å². The molecule has 3 amide bonds. The first-order valence-corrected chi connectivity index (χ1v) is 8.58. The summed E-state index contributed by atoms with van der Waals surface area (Å²) in [6, 6.07) is 14.2. The first-order valence-electron chi connectivity index (χ1n) is 8.58. The summed E-state index contributed by atoms with van der Waals surface area (Å²) < 4.78 is 0. The second-order valence-electron chi connectivity index (χ2n) is 6.30. The van der Waals surface area contributed by atoms with E-state index in [9.17, 15) is 14.4 Å². The lowest BCUT2D eigenvalue weighted by atomic mass is 10.1. The quantitative estimate of drug-likeness (QED) is 0.661. The molecule has 0 radical (unpaired) electrons. The average Bonchev–Trinajstić information content (AvgIpc) is 2.65. The lowest BCUT2D eigenvalue weighted by Gasteiger charge is -2.11. The fourth-order valence-electron chi connectivity index (χ4n) is 2.45. The second-order valence-corrected chi connectivity index (χ2v) is 6.30. The van der Waals surface area contributed by atoms with Gasteiger partial charge < -0.3 is 21.3 Å². The van der Waals surface area contributed by atoms with Crippen molar-refractivity contribution < 1.29 is 14.4 Å². The number of anilines is 2. The fourth-order valence-corrected chi connectivity index (χ4v) is 2.45. The molecule has 2 aromatic rings. The molecule has 142 valence electrons. The minimum Gasteiger partial charge on any atom is -0.376 e. The van der Waals surface area contributed by atoms with Crippen LogP contribution in [0.1, 0.15) is 22.3 Å². The van der Waals surface area contributed by atoms with Gasteiger partial charge in [-0.05, 0) is 36.2 Å². The summed E-state index contributed by atoms with van der Waals surface area (Å²) in [6.07, 6.45) is 1.13. The summed E-state index contributed by atoms with van der Waals surface area (Å²) in [4.78, 5) is 36.7. The lowest BCUT2D eigenvalue weighted by Crippen LogP contribution is -2.24. The molecular weight excluding hydrogens is 344 g/mol. The molecule has 0 saturated carbocycles. The van der Waals surface area contributed by atoms with E-state index in [4.69, 9.17) is 5.73 Å². The number of amides is 3. The number of nitrogens with two attached hydrogens (primary N) is 1. The van der Waals surface area contributed by atoms with Crippen LogP contribution in [0.4, 0.5) is 11.4 Å². The smallest absolute Gasteiger partial charge is 0.250 e. The van der Waals surface area contributed by atoms with Gasteiger partial charge in [-0.3, -0.25) is 14.4 Å². The van der Waals surface area contributed by atoms with Crippen molar-refractivity contribution in [2.45, 2.75) is 12.8 Å². The molecule has 0 fully saturated rings. The summed E-state index contributed by atoms with van der Waals surface area (Å²) in [7, 11) is 3.48. The largest absolute Gasteiger partial charge is 0.376 e. The minimum absolute atomic E-state index is 0.0472. The maximum atomic E-state index is 12.1. The first kappa shape index (κ1) is 20.0.